The van der Waals surface area contributed by atoms with Gasteiger partial charge in [0, 0.05) is 29.7 Å². The lowest BCUT2D eigenvalue weighted by molar-refractivity contribution is -0.129. The minimum Gasteiger partial charge on any atom is -0.352 e. The number of urea groups is 1. The summed E-state index contributed by atoms with van der Waals surface area (Å²) < 4.78 is 0. The second-order valence-electron chi connectivity index (χ2n) is 7.67. The fourth-order valence-electron chi connectivity index (χ4n) is 3.59. The van der Waals surface area contributed by atoms with Crippen molar-refractivity contribution in [3.63, 3.8) is 0 Å². The molecule has 154 valence electrons. The van der Waals surface area contributed by atoms with Crippen molar-refractivity contribution in [2.45, 2.75) is 45.7 Å². The van der Waals surface area contributed by atoms with Gasteiger partial charge in [-0.1, -0.05) is 55.6 Å². The van der Waals surface area contributed by atoms with Crippen molar-refractivity contribution in [1.82, 2.24) is 10.6 Å². The average molecular weight is 414 g/mol. The predicted molar refractivity (Wildman–Crippen MR) is 117 cm³/mol. The van der Waals surface area contributed by atoms with Gasteiger partial charge in [-0.25, -0.2) is 4.79 Å². The number of amides is 3. The summed E-state index contributed by atoms with van der Waals surface area (Å²) in [6.07, 6.45) is 4.46. The Morgan fingerprint density at radius 3 is 2.14 bits per heavy atom. The topological polar surface area (TPSA) is 70.2 Å². The Hall–Kier alpha value is -2.53. The fraction of sp³-hybridized carbons (Fsp3) is 0.391. The summed E-state index contributed by atoms with van der Waals surface area (Å²) in [7, 11) is 0. The zero-order valence-corrected chi connectivity index (χ0v) is 17.5. The Morgan fingerprint density at radius 2 is 1.52 bits per heavy atom. The van der Waals surface area contributed by atoms with Gasteiger partial charge >= 0.3 is 6.03 Å². The highest BCUT2D eigenvalue weighted by Gasteiger charge is 2.33. The van der Waals surface area contributed by atoms with Crippen LogP contribution in [0.2, 0.25) is 5.02 Å². The molecule has 2 aromatic rings. The Kier molecular flexibility index (Phi) is 7.53. The summed E-state index contributed by atoms with van der Waals surface area (Å²) in [6, 6.07) is 14.6. The van der Waals surface area contributed by atoms with Gasteiger partial charge in [0.2, 0.25) is 5.91 Å². The molecule has 6 heteroatoms. The molecule has 3 amide bonds. The molecule has 3 N–H and O–H groups in total. The van der Waals surface area contributed by atoms with Gasteiger partial charge in [0.15, 0.2) is 0 Å². The number of anilines is 1. The molecule has 0 radical (unpaired) electrons. The van der Waals surface area contributed by atoms with Gasteiger partial charge in [-0.15, -0.1) is 0 Å². The van der Waals surface area contributed by atoms with Crippen molar-refractivity contribution >= 4 is 29.2 Å². The highest BCUT2D eigenvalue weighted by molar-refractivity contribution is 6.30. The molecule has 0 heterocycles. The molecule has 1 fully saturated rings. The monoisotopic (exact) mass is 413 g/mol. The largest absolute Gasteiger partial charge is 0.352 e. The third kappa shape index (κ3) is 6.50. The van der Waals surface area contributed by atoms with E-state index in [4.69, 9.17) is 11.6 Å². The molecular formula is C23H28ClN3O2. The lowest BCUT2D eigenvalue weighted by Crippen LogP contribution is -2.38. The van der Waals surface area contributed by atoms with E-state index < -0.39 is 0 Å². The summed E-state index contributed by atoms with van der Waals surface area (Å²) in [4.78, 5) is 24.2. The van der Waals surface area contributed by atoms with Crippen LogP contribution in [0.1, 0.15) is 43.7 Å². The number of carbonyl (C=O) groups is 2. The van der Waals surface area contributed by atoms with Crippen LogP contribution in [0.15, 0.2) is 48.5 Å². The molecule has 1 saturated carbocycles. The number of rotatable bonds is 8. The van der Waals surface area contributed by atoms with E-state index in [1.54, 1.807) is 12.1 Å². The Labute approximate surface area is 177 Å². The van der Waals surface area contributed by atoms with Crippen molar-refractivity contribution in [2.24, 2.45) is 11.8 Å². The first-order valence-electron chi connectivity index (χ1n) is 10.2. The van der Waals surface area contributed by atoms with Crippen molar-refractivity contribution < 1.29 is 9.59 Å². The van der Waals surface area contributed by atoms with Crippen molar-refractivity contribution in [1.29, 1.82) is 0 Å². The zero-order chi connectivity index (χ0) is 20.6. The smallest absolute Gasteiger partial charge is 0.319 e. The number of nitrogens with one attached hydrogen (secondary N) is 3. The predicted octanol–water partition coefficient (Wildman–Crippen LogP) is 5.10. The van der Waals surface area contributed by atoms with Gasteiger partial charge in [0.05, 0.1) is 0 Å². The highest BCUT2D eigenvalue weighted by atomic mass is 35.5. The molecule has 0 aliphatic heterocycles. The molecule has 0 bridgehead atoms. The molecule has 0 spiro atoms. The first-order chi connectivity index (χ1) is 14.0. The van der Waals surface area contributed by atoms with Gasteiger partial charge in [0.1, 0.15) is 0 Å². The first-order valence-corrected chi connectivity index (χ1v) is 10.6. The van der Waals surface area contributed by atoms with Gasteiger partial charge < -0.3 is 16.0 Å². The number of benzene rings is 2. The third-order valence-corrected chi connectivity index (χ3v) is 5.60. The number of hydrogen-bond acceptors (Lipinski definition) is 2. The van der Waals surface area contributed by atoms with Crippen LogP contribution in [-0.2, 0) is 17.9 Å². The van der Waals surface area contributed by atoms with Crippen molar-refractivity contribution in [3.8, 4) is 0 Å². The van der Waals surface area contributed by atoms with E-state index in [0.29, 0.717) is 23.8 Å². The normalized spacial score (nSPS) is 17.9. The molecule has 1 aliphatic carbocycles. The zero-order valence-electron chi connectivity index (χ0n) is 16.7. The molecule has 3 rings (SSSR count). The van der Waals surface area contributed by atoms with Crippen molar-refractivity contribution in [2.75, 3.05) is 5.32 Å². The lowest BCUT2D eigenvalue weighted by atomic mass is 9.72. The van der Waals surface area contributed by atoms with Gasteiger partial charge in [-0.3, -0.25) is 4.79 Å². The summed E-state index contributed by atoms with van der Waals surface area (Å²) in [6.45, 7) is 3.12. The maximum atomic E-state index is 12.2. The molecule has 0 atom stereocenters. The minimum atomic E-state index is -0.271. The molecule has 29 heavy (non-hydrogen) atoms. The quantitative estimate of drug-likeness (QED) is 0.563. The summed E-state index contributed by atoms with van der Waals surface area (Å²) in [5, 5.41) is 9.30. The van der Waals surface area contributed by atoms with Crippen LogP contribution in [0.3, 0.4) is 0 Å². The summed E-state index contributed by atoms with van der Waals surface area (Å²) >= 11 is 5.85. The third-order valence-electron chi connectivity index (χ3n) is 5.35. The molecule has 0 saturated heterocycles. The second-order valence-corrected chi connectivity index (χ2v) is 8.11. The molecule has 0 aromatic heterocycles. The SMILES string of the molecule is CCCC1CC(C(=O)NCc2ccc(NC(=O)NCc3ccc(Cl)cc3)cc2)C1. The second kappa shape index (κ2) is 10.3. The van der Waals surface area contributed by atoms with E-state index in [-0.39, 0.29) is 17.9 Å². The number of halogens is 1. The van der Waals surface area contributed by atoms with Crippen molar-refractivity contribution in [3.05, 3.63) is 64.7 Å². The van der Waals surface area contributed by atoms with Crippen LogP contribution in [0.25, 0.3) is 0 Å². The maximum absolute atomic E-state index is 12.2. The van der Waals surface area contributed by atoms with Crippen LogP contribution in [0, 0.1) is 11.8 Å². The molecule has 5 nitrogen and oxygen atoms in total. The number of hydrogen-bond donors (Lipinski definition) is 3. The highest BCUT2D eigenvalue weighted by Crippen LogP contribution is 2.36. The first kappa shape index (κ1) is 21.2. The summed E-state index contributed by atoms with van der Waals surface area (Å²) in [5.41, 5.74) is 2.69. The Bertz CT molecular complexity index is 815. The fourth-order valence-corrected chi connectivity index (χ4v) is 3.72. The van der Waals surface area contributed by atoms with E-state index in [9.17, 15) is 9.59 Å². The van der Waals surface area contributed by atoms with Gasteiger partial charge in [-0.2, -0.15) is 0 Å². The summed E-state index contributed by atoms with van der Waals surface area (Å²) in [5.74, 6) is 1.06. The molecule has 0 unspecified atom stereocenters. The number of carbonyl (C=O) groups excluding carboxylic acids is 2. The van der Waals surface area contributed by atoms with E-state index in [0.717, 1.165) is 29.9 Å². The minimum absolute atomic E-state index is 0.154. The average Bonchev–Trinajstić information content (AvgIpc) is 2.69. The van der Waals surface area contributed by atoms with Crippen LogP contribution < -0.4 is 16.0 Å². The van der Waals surface area contributed by atoms with E-state index >= 15 is 0 Å². The molecule has 1 aliphatic rings. The van der Waals surface area contributed by atoms with Gasteiger partial charge in [-0.05, 0) is 54.2 Å². The van der Waals surface area contributed by atoms with Crippen LogP contribution in [0.4, 0.5) is 10.5 Å². The molecular weight excluding hydrogens is 386 g/mol. The van der Waals surface area contributed by atoms with Crippen LogP contribution >= 0.6 is 11.6 Å². The molecule has 2 aromatic carbocycles. The Morgan fingerprint density at radius 1 is 0.931 bits per heavy atom. The maximum Gasteiger partial charge on any atom is 0.319 e. The van der Waals surface area contributed by atoms with E-state index in [2.05, 4.69) is 22.9 Å². The van der Waals surface area contributed by atoms with Crippen LogP contribution in [-0.4, -0.2) is 11.9 Å². The van der Waals surface area contributed by atoms with Gasteiger partial charge in [0.25, 0.3) is 0 Å². The van der Waals surface area contributed by atoms with Crippen LogP contribution in [0.5, 0.6) is 0 Å². The van der Waals surface area contributed by atoms with E-state index in [1.807, 2.05) is 36.4 Å². The standard InChI is InChI=1S/C23H28ClN3O2/c1-2-3-18-12-19(13-18)22(28)25-14-17-6-10-21(11-7-17)27-23(29)26-15-16-4-8-20(24)9-5-16/h4-11,18-19H,2-3,12-15H2,1H3,(H,25,28)(H2,26,27,29). The van der Waals surface area contributed by atoms with E-state index in [1.165, 1.54) is 12.8 Å². The lowest BCUT2D eigenvalue weighted by Gasteiger charge is -2.34. The Balaban J connectivity index is 1.37.